The van der Waals surface area contributed by atoms with Crippen LogP contribution in [0.1, 0.15) is 32.3 Å². The van der Waals surface area contributed by atoms with Gasteiger partial charge in [0.1, 0.15) is 5.75 Å². The van der Waals surface area contributed by atoms with Crippen LogP contribution in [0.25, 0.3) is 0 Å². The average molecular weight is 213 g/mol. The number of alkyl halides is 1. The molecular weight excluding hydrogens is 196 g/mol. The molecule has 0 aromatic heterocycles. The molecule has 0 fully saturated rings. The lowest BCUT2D eigenvalue weighted by molar-refractivity contribution is 0.191. The number of para-hydroxylation sites is 1. The maximum absolute atomic E-state index is 5.85. The van der Waals surface area contributed by atoms with Gasteiger partial charge in [0.2, 0.25) is 0 Å². The second-order valence-electron chi connectivity index (χ2n) is 3.30. The van der Waals surface area contributed by atoms with Crippen molar-refractivity contribution in [2.75, 3.05) is 0 Å². The molecule has 0 amide bonds. The molecule has 0 saturated carbocycles. The first-order valence-electron chi connectivity index (χ1n) is 5.12. The summed E-state index contributed by atoms with van der Waals surface area (Å²) in [5, 5.41) is 0. The van der Waals surface area contributed by atoms with Gasteiger partial charge in [-0.15, -0.1) is 11.6 Å². The van der Waals surface area contributed by atoms with Crippen molar-refractivity contribution in [2.24, 2.45) is 0 Å². The third-order valence-corrected chi connectivity index (χ3v) is 2.61. The Morgan fingerprint density at radius 3 is 2.43 bits per heavy atom. The van der Waals surface area contributed by atoms with Crippen LogP contribution in [0, 0.1) is 0 Å². The van der Waals surface area contributed by atoms with Crippen LogP contribution in [-0.2, 0) is 5.88 Å². The van der Waals surface area contributed by atoms with Crippen molar-refractivity contribution in [3.63, 3.8) is 0 Å². The van der Waals surface area contributed by atoms with Crippen molar-refractivity contribution in [1.29, 1.82) is 0 Å². The number of halogens is 1. The van der Waals surface area contributed by atoms with Crippen molar-refractivity contribution < 1.29 is 4.74 Å². The molecule has 2 heteroatoms. The van der Waals surface area contributed by atoms with Crippen molar-refractivity contribution in [1.82, 2.24) is 0 Å². The molecule has 0 aliphatic carbocycles. The molecule has 1 nitrogen and oxygen atoms in total. The van der Waals surface area contributed by atoms with E-state index in [0.29, 0.717) is 12.0 Å². The van der Waals surface area contributed by atoms with Gasteiger partial charge in [-0.2, -0.15) is 0 Å². The van der Waals surface area contributed by atoms with E-state index in [4.69, 9.17) is 16.3 Å². The first kappa shape index (κ1) is 11.4. The Balaban J connectivity index is 2.74. The third-order valence-electron chi connectivity index (χ3n) is 2.32. The molecule has 0 aliphatic rings. The molecule has 1 rings (SSSR count). The summed E-state index contributed by atoms with van der Waals surface area (Å²) in [4.78, 5) is 0. The largest absolute Gasteiger partial charge is 0.490 e. The zero-order valence-corrected chi connectivity index (χ0v) is 9.55. The highest BCUT2D eigenvalue weighted by molar-refractivity contribution is 6.17. The smallest absolute Gasteiger partial charge is 0.124 e. The lowest BCUT2D eigenvalue weighted by Crippen LogP contribution is -2.14. The molecule has 1 aromatic carbocycles. The number of benzene rings is 1. The Morgan fingerprint density at radius 1 is 1.21 bits per heavy atom. The van der Waals surface area contributed by atoms with Gasteiger partial charge in [0, 0.05) is 5.56 Å². The number of hydrogen-bond acceptors (Lipinski definition) is 1. The molecule has 0 radical (unpaired) electrons. The lowest BCUT2D eigenvalue weighted by atomic mass is 10.2. The molecule has 0 heterocycles. The molecule has 0 aliphatic heterocycles. The van der Waals surface area contributed by atoms with E-state index in [-0.39, 0.29) is 0 Å². The van der Waals surface area contributed by atoms with Gasteiger partial charge in [0.25, 0.3) is 0 Å². The maximum Gasteiger partial charge on any atom is 0.124 e. The standard InChI is InChI=1S/C12H17ClO/c1-3-11(4-2)14-12-8-6-5-7-10(12)9-13/h5-8,11H,3-4,9H2,1-2H3. The van der Waals surface area contributed by atoms with E-state index in [0.717, 1.165) is 24.2 Å². The van der Waals surface area contributed by atoms with Gasteiger partial charge in [0.15, 0.2) is 0 Å². The second-order valence-corrected chi connectivity index (χ2v) is 3.56. The van der Waals surface area contributed by atoms with E-state index in [9.17, 15) is 0 Å². The van der Waals surface area contributed by atoms with Crippen LogP contribution in [0.3, 0.4) is 0 Å². The predicted molar refractivity (Wildman–Crippen MR) is 61.0 cm³/mol. The van der Waals surface area contributed by atoms with E-state index in [1.165, 1.54) is 0 Å². The van der Waals surface area contributed by atoms with Crippen molar-refractivity contribution >= 4 is 11.6 Å². The average Bonchev–Trinajstić information content (AvgIpc) is 2.26. The lowest BCUT2D eigenvalue weighted by Gasteiger charge is -2.17. The molecule has 0 atom stereocenters. The fraction of sp³-hybridized carbons (Fsp3) is 0.500. The van der Waals surface area contributed by atoms with Gasteiger partial charge >= 0.3 is 0 Å². The number of hydrogen-bond donors (Lipinski definition) is 0. The Hall–Kier alpha value is -0.690. The summed E-state index contributed by atoms with van der Waals surface area (Å²) in [6.45, 7) is 4.27. The molecule has 0 N–H and O–H groups in total. The zero-order valence-electron chi connectivity index (χ0n) is 8.79. The van der Waals surface area contributed by atoms with E-state index < -0.39 is 0 Å². The fourth-order valence-electron chi connectivity index (χ4n) is 1.36. The van der Waals surface area contributed by atoms with E-state index >= 15 is 0 Å². The number of rotatable bonds is 5. The molecule has 0 saturated heterocycles. The minimum Gasteiger partial charge on any atom is -0.490 e. The summed E-state index contributed by atoms with van der Waals surface area (Å²) in [7, 11) is 0. The number of ether oxygens (including phenoxy) is 1. The summed E-state index contributed by atoms with van der Waals surface area (Å²) in [6.07, 6.45) is 2.37. The van der Waals surface area contributed by atoms with Crippen LogP contribution in [0.4, 0.5) is 0 Å². The molecular formula is C12H17ClO. The minimum absolute atomic E-state index is 0.305. The topological polar surface area (TPSA) is 9.23 Å². The Morgan fingerprint density at radius 2 is 1.86 bits per heavy atom. The van der Waals surface area contributed by atoms with E-state index in [1.807, 2.05) is 24.3 Å². The highest BCUT2D eigenvalue weighted by Crippen LogP contribution is 2.22. The summed E-state index contributed by atoms with van der Waals surface area (Å²) >= 11 is 5.82. The predicted octanol–water partition coefficient (Wildman–Crippen LogP) is 3.99. The highest BCUT2D eigenvalue weighted by Gasteiger charge is 2.07. The first-order chi connectivity index (χ1) is 6.81. The maximum atomic E-state index is 5.85. The van der Waals surface area contributed by atoms with Crippen molar-refractivity contribution in [2.45, 2.75) is 38.7 Å². The van der Waals surface area contributed by atoms with Crippen molar-refractivity contribution in [3.05, 3.63) is 29.8 Å². The monoisotopic (exact) mass is 212 g/mol. The Kier molecular flexibility index (Phi) is 4.81. The van der Waals surface area contributed by atoms with Crippen LogP contribution in [-0.4, -0.2) is 6.10 Å². The first-order valence-corrected chi connectivity index (χ1v) is 5.65. The summed E-state index contributed by atoms with van der Waals surface area (Å²) in [6, 6.07) is 7.95. The van der Waals surface area contributed by atoms with Gasteiger partial charge in [-0.1, -0.05) is 32.0 Å². The molecule has 14 heavy (non-hydrogen) atoms. The van der Waals surface area contributed by atoms with Crippen LogP contribution >= 0.6 is 11.6 Å². The SMILES string of the molecule is CCC(CC)Oc1ccccc1CCl. The molecule has 1 aromatic rings. The van der Waals surface area contributed by atoms with E-state index in [2.05, 4.69) is 13.8 Å². The fourth-order valence-corrected chi connectivity index (χ4v) is 1.58. The van der Waals surface area contributed by atoms with Crippen LogP contribution in [0.2, 0.25) is 0 Å². The normalized spacial score (nSPS) is 10.6. The van der Waals surface area contributed by atoms with Gasteiger partial charge in [-0.25, -0.2) is 0 Å². The van der Waals surface area contributed by atoms with Gasteiger partial charge < -0.3 is 4.74 Å². The summed E-state index contributed by atoms with van der Waals surface area (Å²) in [5.74, 6) is 1.44. The highest BCUT2D eigenvalue weighted by atomic mass is 35.5. The summed E-state index contributed by atoms with van der Waals surface area (Å²) < 4.78 is 5.85. The molecule has 0 spiro atoms. The Bertz CT molecular complexity index is 269. The second kappa shape index (κ2) is 5.92. The third kappa shape index (κ3) is 2.91. The van der Waals surface area contributed by atoms with Crippen LogP contribution in [0.5, 0.6) is 5.75 Å². The van der Waals surface area contributed by atoms with Gasteiger partial charge in [0.05, 0.1) is 12.0 Å². The van der Waals surface area contributed by atoms with E-state index in [1.54, 1.807) is 0 Å². The summed E-state index contributed by atoms with van der Waals surface area (Å²) in [5.41, 5.74) is 1.07. The quantitative estimate of drug-likeness (QED) is 0.671. The minimum atomic E-state index is 0.305. The molecule has 0 bridgehead atoms. The van der Waals surface area contributed by atoms with Crippen LogP contribution in [0.15, 0.2) is 24.3 Å². The molecule has 0 unspecified atom stereocenters. The van der Waals surface area contributed by atoms with Crippen LogP contribution < -0.4 is 4.74 Å². The zero-order chi connectivity index (χ0) is 10.4. The molecule has 78 valence electrons. The van der Waals surface area contributed by atoms with Gasteiger partial charge in [-0.05, 0) is 18.9 Å². The van der Waals surface area contributed by atoms with Gasteiger partial charge in [-0.3, -0.25) is 0 Å². The Labute approximate surface area is 91.0 Å². The van der Waals surface area contributed by atoms with Crippen molar-refractivity contribution in [3.8, 4) is 5.75 Å².